The van der Waals surface area contributed by atoms with Crippen molar-refractivity contribution >= 4 is 34.7 Å². The van der Waals surface area contributed by atoms with Crippen molar-refractivity contribution in [3.05, 3.63) is 77.1 Å². The summed E-state index contributed by atoms with van der Waals surface area (Å²) in [5, 5.41) is 1.17. The molecule has 0 aliphatic carbocycles. The van der Waals surface area contributed by atoms with Gasteiger partial charge in [-0.1, -0.05) is 29.8 Å². The van der Waals surface area contributed by atoms with Gasteiger partial charge >= 0.3 is 0 Å². The Balaban J connectivity index is 1.73. The molecule has 4 aromatic rings. The summed E-state index contributed by atoms with van der Waals surface area (Å²) in [4.78, 5) is 24.2. The fourth-order valence-corrected chi connectivity index (χ4v) is 3.27. The minimum Gasteiger partial charge on any atom is -0.495 e. The van der Waals surface area contributed by atoms with Crippen LogP contribution in [0.2, 0.25) is 5.02 Å². The highest BCUT2D eigenvalue weighted by molar-refractivity contribution is 6.32. The molecule has 2 aromatic heterocycles. The van der Waals surface area contributed by atoms with Crippen LogP contribution < -0.4 is 4.74 Å². The Bertz CT molecular complexity index is 1170. The smallest absolute Gasteiger partial charge is 0.298 e. The van der Waals surface area contributed by atoms with E-state index in [1.165, 1.54) is 10.8 Å². The molecule has 0 bridgehead atoms. The monoisotopic (exact) mass is 379 g/mol. The molecule has 0 unspecified atom stereocenters. The fraction of sp³-hybridized carbons (Fsp3) is 0.0476. The second-order valence-corrected chi connectivity index (χ2v) is 6.32. The van der Waals surface area contributed by atoms with Crippen molar-refractivity contribution < 1.29 is 18.7 Å². The average Bonchev–Trinajstić information content (AvgIpc) is 3.32. The van der Waals surface area contributed by atoms with E-state index >= 15 is 0 Å². The van der Waals surface area contributed by atoms with Gasteiger partial charge in [-0.3, -0.25) is 14.2 Å². The maximum absolute atomic E-state index is 12.9. The van der Waals surface area contributed by atoms with Gasteiger partial charge in [0.1, 0.15) is 11.5 Å². The Morgan fingerprint density at radius 2 is 1.96 bits per heavy atom. The van der Waals surface area contributed by atoms with Gasteiger partial charge in [0.05, 0.1) is 17.6 Å². The minimum absolute atomic E-state index is 0.162. The predicted octanol–water partition coefficient (Wildman–Crippen LogP) is 5.06. The fourth-order valence-electron chi connectivity index (χ4n) is 3.01. The average molecular weight is 380 g/mol. The number of fused-ring (bicyclic) bond motifs is 1. The summed E-state index contributed by atoms with van der Waals surface area (Å²) in [6.07, 6.45) is 2.26. The lowest BCUT2D eigenvalue weighted by molar-refractivity contribution is 0.0938. The minimum atomic E-state index is -0.356. The third-order valence-electron chi connectivity index (χ3n) is 4.34. The lowest BCUT2D eigenvalue weighted by Gasteiger charge is -2.04. The lowest BCUT2D eigenvalue weighted by Crippen LogP contribution is -2.09. The van der Waals surface area contributed by atoms with Gasteiger partial charge in [0.2, 0.25) is 0 Å². The van der Waals surface area contributed by atoms with E-state index in [4.69, 9.17) is 20.8 Å². The molecule has 2 heterocycles. The van der Waals surface area contributed by atoms with Crippen LogP contribution in [0.1, 0.15) is 20.9 Å². The number of nitrogens with zero attached hydrogens (tertiary/aromatic N) is 1. The number of ether oxygens (including phenoxy) is 1. The standard InChI is InChI=1S/C21H14ClNO4/c1-26-19-7-6-13(10-16(19)22)18-8-9-20(27-18)21(25)23-11-14(12-24)15-4-2-3-5-17(15)23/h2-12H,1H3. The van der Waals surface area contributed by atoms with Crippen LogP contribution in [0.5, 0.6) is 5.75 Å². The van der Waals surface area contributed by atoms with Crippen molar-refractivity contribution in [1.82, 2.24) is 4.57 Å². The summed E-state index contributed by atoms with van der Waals surface area (Å²) >= 11 is 6.16. The van der Waals surface area contributed by atoms with Crippen molar-refractivity contribution in [1.29, 1.82) is 0 Å². The third-order valence-corrected chi connectivity index (χ3v) is 4.64. The largest absolute Gasteiger partial charge is 0.495 e. The second-order valence-electron chi connectivity index (χ2n) is 5.91. The summed E-state index contributed by atoms with van der Waals surface area (Å²) in [5.74, 6) is 0.874. The SMILES string of the molecule is COc1ccc(-c2ccc(C(=O)n3cc(C=O)c4ccccc43)o2)cc1Cl. The van der Waals surface area contributed by atoms with E-state index in [0.29, 0.717) is 27.6 Å². The molecule has 0 aliphatic rings. The van der Waals surface area contributed by atoms with E-state index in [9.17, 15) is 9.59 Å². The van der Waals surface area contributed by atoms with E-state index in [1.807, 2.05) is 12.1 Å². The Labute approximate surface area is 159 Å². The van der Waals surface area contributed by atoms with Crippen molar-refractivity contribution in [2.45, 2.75) is 0 Å². The lowest BCUT2D eigenvalue weighted by atomic mass is 10.2. The van der Waals surface area contributed by atoms with E-state index in [-0.39, 0.29) is 11.7 Å². The van der Waals surface area contributed by atoms with Crippen LogP contribution in [-0.4, -0.2) is 23.9 Å². The first kappa shape index (κ1) is 17.1. The van der Waals surface area contributed by atoms with Crippen molar-refractivity contribution in [3.63, 3.8) is 0 Å². The number of rotatable bonds is 4. The van der Waals surface area contributed by atoms with Crippen molar-refractivity contribution in [3.8, 4) is 17.1 Å². The number of methoxy groups -OCH3 is 1. The normalized spacial score (nSPS) is 10.9. The quantitative estimate of drug-likeness (QED) is 0.465. The zero-order chi connectivity index (χ0) is 19.0. The molecule has 2 aromatic carbocycles. The number of benzene rings is 2. The molecular weight excluding hydrogens is 366 g/mol. The highest BCUT2D eigenvalue weighted by Crippen LogP contribution is 2.31. The van der Waals surface area contributed by atoms with E-state index < -0.39 is 0 Å². The molecule has 0 amide bonds. The van der Waals surface area contributed by atoms with Crippen LogP contribution in [0.15, 0.2) is 65.2 Å². The maximum Gasteiger partial charge on any atom is 0.298 e. The summed E-state index contributed by atoms with van der Waals surface area (Å²) in [5.41, 5.74) is 1.83. The van der Waals surface area contributed by atoms with E-state index in [2.05, 4.69) is 0 Å². The number of halogens is 1. The number of hydrogen-bond donors (Lipinski definition) is 0. The number of carbonyl (C=O) groups is 2. The van der Waals surface area contributed by atoms with E-state index in [1.54, 1.807) is 49.6 Å². The first-order chi connectivity index (χ1) is 13.1. The number of aldehydes is 1. The molecule has 0 fully saturated rings. The van der Waals surface area contributed by atoms with Gasteiger partial charge in [-0.15, -0.1) is 0 Å². The molecule has 4 rings (SSSR count). The molecule has 0 atom stereocenters. The van der Waals surface area contributed by atoms with Crippen molar-refractivity contribution in [2.75, 3.05) is 7.11 Å². The first-order valence-electron chi connectivity index (χ1n) is 8.16. The van der Waals surface area contributed by atoms with Gasteiger partial charge in [-0.2, -0.15) is 0 Å². The Morgan fingerprint density at radius 1 is 1.15 bits per heavy atom. The highest BCUT2D eigenvalue weighted by atomic mass is 35.5. The molecule has 0 radical (unpaired) electrons. The first-order valence-corrected chi connectivity index (χ1v) is 8.54. The van der Waals surface area contributed by atoms with E-state index in [0.717, 1.165) is 17.2 Å². The molecule has 27 heavy (non-hydrogen) atoms. The van der Waals surface area contributed by atoms with Gasteiger partial charge in [0.25, 0.3) is 5.91 Å². The molecule has 134 valence electrons. The van der Waals surface area contributed by atoms with Crippen LogP contribution in [0, 0.1) is 0 Å². The number of hydrogen-bond acceptors (Lipinski definition) is 4. The molecular formula is C21H14ClNO4. The highest BCUT2D eigenvalue weighted by Gasteiger charge is 2.18. The number of carbonyl (C=O) groups excluding carboxylic acids is 2. The van der Waals surface area contributed by atoms with Crippen molar-refractivity contribution in [2.24, 2.45) is 0 Å². The number of para-hydroxylation sites is 1. The summed E-state index contributed by atoms with van der Waals surface area (Å²) in [6.45, 7) is 0. The Hall–Kier alpha value is -3.31. The summed E-state index contributed by atoms with van der Waals surface area (Å²) < 4.78 is 12.3. The van der Waals surface area contributed by atoms with Crippen LogP contribution >= 0.6 is 11.6 Å². The van der Waals surface area contributed by atoms with Crippen LogP contribution in [0.4, 0.5) is 0 Å². The zero-order valence-corrected chi connectivity index (χ0v) is 15.1. The zero-order valence-electron chi connectivity index (χ0n) is 14.3. The topological polar surface area (TPSA) is 61.4 Å². The summed E-state index contributed by atoms with van der Waals surface area (Å²) in [6, 6.07) is 15.8. The molecule has 0 saturated carbocycles. The molecule has 0 spiro atoms. The van der Waals surface area contributed by atoms with Crippen LogP contribution in [0.25, 0.3) is 22.2 Å². The molecule has 5 nitrogen and oxygen atoms in total. The number of aromatic nitrogens is 1. The summed E-state index contributed by atoms with van der Waals surface area (Å²) in [7, 11) is 1.54. The Morgan fingerprint density at radius 3 is 2.70 bits per heavy atom. The molecule has 0 saturated heterocycles. The van der Waals surface area contributed by atoms with Gasteiger partial charge in [-0.05, 0) is 36.4 Å². The molecule has 6 heteroatoms. The maximum atomic E-state index is 12.9. The van der Waals surface area contributed by atoms with Gasteiger partial charge in [0.15, 0.2) is 12.0 Å². The van der Waals surface area contributed by atoms with Gasteiger partial charge < -0.3 is 9.15 Å². The van der Waals surface area contributed by atoms with Gasteiger partial charge in [0, 0.05) is 22.7 Å². The molecule has 0 aliphatic heterocycles. The Kier molecular flexibility index (Phi) is 4.30. The molecule has 0 N–H and O–H groups in total. The third kappa shape index (κ3) is 2.92. The predicted molar refractivity (Wildman–Crippen MR) is 103 cm³/mol. The second kappa shape index (κ2) is 6.78. The number of furan rings is 1. The van der Waals surface area contributed by atoms with Crippen LogP contribution in [0.3, 0.4) is 0 Å². The van der Waals surface area contributed by atoms with Gasteiger partial charge in [-0.25, -0.2) is 0 Å². The van der Waals surface area contributed by atoms with Crippen LogP contribution in [-0.2, 0) is 0 Å².